The molecular weight excluding hydrogens is 374 g/mol. The van der Waals surface area contributed by atoms with E-state index >= 15 is 0 Å². The molecule has 5 rings (SSSR count). The van der Waals surface area contributed by atoms with Crippen LogP contribution in [0, 0.1) is 6.92 Å². The number of pyridine rings is 2. The Morgan fingerprint density at radius 1 is 0.933 bits per heavy atom. The Morgan fingerprint density at radius 2 is 1.77 bits per heavy atom. The summed E-state index contributed by atoms with van der Waals surface area (Å²) in [5, 5.41) is 17.9. The van der Waals surface area contributed by atoms with Crippen molar-refractivity contribution in [3.63, 3.8) is 0 Å². The first-order valence-electron chi connectivity index (χ1n) is 9.66. The third kappa shape index (κ3) is 3.48. The normalized spacial score (nSPS) is 11.0. The zero-order chi connectivity index (χ0) is 20.3. The van der Waals surface area contributed by atoms with E-state index in [-0.39, 0.29) is 0 Å². The Morgan fingerprint density at radius 3 is 2.57 bits per heavy atom. The molecule has 0 saturated heterocycles. The maximum Gasteiger partial charge on any atom is 0.205 e. The topological polar surface area (TPSA) is 92.3 Å². The minimum atomic E-state index is 0.587. The number of aryl methyl sites for hydroxylation is 1. The number of fused-ring (bicyclic) bond motifs is 1. The van der Waals surface area contributed by atoms with Crippen LogP contribution in [0.3, 0.4) is 0 Å². The smallest absolute Gasteiger partial charge is 0.205 e. The number of nitrogens with zero attached hydrogens (tertiary/aromatic N) is 5. The molecule has 2 aromatic carbocycles. The van der Waals surface area contributed by atoms with Crippen LogP contribution in [0.25, 0.3) is 33.5 Å². The third-order valence-corrected chi connectivity index (χ3v) is 4.95. The molecule has 0 atom stereocenters. The molecule has 3 aromatic heterocycles. The van der Waals surface area contributed by atoms with Crippen LogP contribution in [0.1, 0.15) is 11.3 Å². The second kappa shape index (κ2) is 7.71. The molecule has 0 saturated carbocycles. The Kier molecular flexibility index (Phi) is 4.61. The number of H-pyrrole nitrogens is 1. The summed E-state index contributed by atoms with van der Waals surface area (Å²) in [7, 11) is 0. The van der Waals surface area contributed by atoms with Gasteiger partial charge in [-0.05, 0) is 47.0 Å². The number of hydrogen-bond donors (Lipinski definition) is 2. The quantitative estimate of drug-likeness (QED) is 0.460. The Balaban J connectivity index is 1.39. The predicted octanol–water partition coefficient (Wildman–Crippen LogP) is 4.40. The molecule has 3 heterocycles. The molecule has 0 amide bonds. The van der Waals surface area contributed by atoms with Crippen molar-refractivity contribution in [1.29, 1.82) is 0 Å². The van der Waals surface area contributed by atoms with E-state index in [1.165, 1.54) is 5.56 Å². The van der Waals surface area contributed by atoms with Crippen LogP contribution in [0.2, 0.25) is 0 Å². The van der Waals surface area contributed by atoms with Crippen molar-refractivity contribution in [3.05, 3.63) is 84.2 Å². The van der Waals surface area contributed by atoms with Crippen molar-refractivity contribution in [1.82, 2.24) is 30.6 Å². The molecule has 0 spiro atoms. The second-order valence-electron chi connectivity index (χ2n) is 7.01. The summed E-state index contributed by atoms with van der Waals surface area (Å²) >= 11 is 0. The van der Waals surface area contributed by atoms with Crippen molar-refractivity contribution in [2.45, 2.75) is 13.5 Å². The zero-order valence-electron chi connectivity index (χ0n) is 16.4. The summed E-state index contributed by atoms with van der Waals surface area (Å²) < 4.78 is 0. The van der Waals surface area contributed by atoms with Gasteiger partial charge in [0.25, 0.3) is 0 Å². The maximum atomic E-state index is 4.55. The van der Waals surface area contributed by atoms with E-state index < -0.39 is 0 Å². The summed E-state index contributed by atoms with van der Waals surface area (Å²) in [5.74, 6) is 0.587. The maximum absolute atomic E-state index is 4.55. The summed E-state index contributed by atoms with van der Waals surface area (Å²) in [6.07, 6.45) is 1.79. The molecule has 5 aromatic rings. The Hall–Kier alpha value is -4.13. The number of anilines is 1. The minimum absolute atomic E-state index is 0.587. The van der Waals surface area contributed by atoms with Crippen molar-refractivity contribution >= 4 is 16.7 Å². The molecular formula is C23H19N7. The van der Waals surface area contributed by atoms with E-state index in [4.69, 9.17) is 0 Å². The van der Waals surface area contributed by atoms with Gasteiger partial charge in [0, 0.05) is 24.0 Å². The van der Waals surface area contributed by atoms with E-state index in [2.05, 4.69) is 66.2 Å². The lowest BCUT2D eigenvalue weighted by Crippen LogP contribution is -2.02. The number of benzene rings is 2. The van der Waals surface area contributed by atoms with Gasteiger partial charge in [0.1, 0.15) is 5.52 Å². The summed E-state index contributed by atoms with van der Waals surface area (Å²) in [4.78, 5) is 9.02. The molecule has 0 fully saturated rings. The standard InChI is InChI=1S/C23H19N7/c1-15-13-21(22-20(26-15)7-4-12-24-22)25-14-16-8-10-17(11-9-16)18-5-2-3-6-19(18)23-27-29-30-28-23/h2-13H,14H2,1H3,(H,25,26)(H,27,28,29,30). The molecule has 7 nitrogen and oxygen atoms in total. The van der Waals surface area contributed by atoms with Crippen LogP contribution in [0.15, 0.2) is 72.9 Å². The SMILES string of the molecule is Cc1cc(NCc2ccc(-c3ccccc3-c3nn[nH]n3)cc2)c2ncccc2n1. The molecule has 0 radical (unpaired) electrons. The highest BCUT2D eigenvalue weighted by molar-refractivity contribution is 5.87. The van der Waals surface area contributed by atoms with Crippen molar-refractivity contribution in [2.75, 3.05) is 5.32 Å². The van der Waals surface area contributed by atoms with Crippen molar-refractivity contribution in [3.8, 4) is 22.5 Å². The second-order valence-corrected chi connectivity index (χ2v) is 7.01. The number of aromatic amines is 1. The van der Waals surface area contributed by atoms with E-state index in [0.717, 1.165) is 39.1 Å². The van der Waals surface area contributed by atoms with Gasteiger partial charge < -0.3 is 5.32 Å². The lowest BCUT2D eigenvalue weighted by molar-refractivity contribution is 0.881. The third-order valence-electron chi connectivity index (χ3n) is 4.95. The molecule has 0 aliphatic rings. The average Bonchev–Trinajstić information content (AvgIpc) is 3.33. The lowest BCUT2D eigenvalue weighted by Gasteiger charge is -2.11. The highest BCUT2D eigenvalue weighted by Crippen LogP contribution is 2.30. The fraction of sp³-hybridized carbons (Fsp3) is 0.0870. The molecule has 0 bridgehead atoms. The fourth-order valence-corrected chi connectivity index (χ4v) is 3.53. The van der Waals surface area contributed by atoms with Gasteiger partial charge in [-0.1, -0.05) is 48.5 Å². The highest BCUT2D eigenvalue weighted by Gasteiger charge is 2.10. The lowest BCUT2D eigenvalue weighted by atomic mass is 9.98. The summed E-state index contributed by atoms with van der Waals surface area (Å²) in [5.41, 5.74) is 8.03. The molecule has 0 aliphatic carbocycles. The predicted molar refractivity (Wildman–Crippen MR) is 117 cm³/mol. The fourth-order valence-electron chi connectivity index (χ4n) is 3.53. The van der Waals surface area contributed by atoms with Gasteiger partial charge in [-0.2, -0.15) is 5.21 Å². The van der Waals surface area contributed by atoms with Crippen LogP contribution in [0.4, 0.5) is 5.69 Å². The highest BCUT2D eigenvalue weighted by atomic mass is 15.5. The summed E-state index contributed by atoms with van der Waals surface area (Å²) in [6.45, 7) is 2.69. The number of tetrazole rings is 1. The molecule has 7 heteroatoms. The van der Waals surface area contributed by atoms with Gasteiger partial charge in [-0.25, -0.2) is 0 Å². The van der Waals surface area contributed by atoms with Gasteiger partial charge in [0.2, 0.25) is 5.82 Å². The Bertz CT molecular complexity index is 1300. The first-order chi connectivity index (χ1) is 14.8. The minimum Gasteiger partial charge on any atom is -0.379 e. The molecule has 30 heavy (non-hydrogen) atoms. The van der Waals surface area contributed by atoms with Gasteiger partial charge in [0.05, 0.1) is 11.2 Å². The molecule has 0 unspecified atom stereocenters. The summed E-state index contributed by atoms with van der Waals surface area (Å²) in [6, 6.07) is 22.5. The van der Waals surface area contributed by atoms with Crippen LogP contribution in [-0.2, 0) is 6.54 Å². The van der Waals surface area contributed by atoms with E-state index in [1.54, 1.807) is 6.20 Å². The largest absolute Gasteiger partial charge is 0.379 e. The van der Waals surface area contributed by atoms with Crippen LogP contribution in [0.5, 0.6) is 0 Å². The van der Waals surface area contributed by atoms with E-state index in [0.29, 0.717) is 12.4 Å². The first kappa shape index (κ1) is 17.9. The number of aromatic nitrogens is 6. The molecule has 146 valence electrons. The number of hydrogen-bond acceptors (Lipinski definition) is 6. The number of nitrogens with one attached hydrogen (secondary N) is 2. The molecule has 0 aliphatic heterocycles. The average molecular weight is 393 g/mol. The Labute approximate surface area is 173 Å². The van der Waals surface area contributed by atoms with E-state index in [9.17, 15) is 0 Å². The van der Waals surface area contributed by atoms with Crippen molar-refractivity contribution < 1.29 is 0 Å². The number of rotatable bonds is 5. The van der Waals surface area contributed by atoms with Gasteiger partial charge in [0.15, 0.2) is 0 Å². The van der Waals surface area contributed by atoms with Crippen LogP contribution >= 0.6 is 0 Å². The zero-order valence-corrected chi connectivity index (χ0v) is 16.4. The van der Waals surface area contributed by atoms with Crippen LogP contribution in [-0.4, -0.2) is 30.6 Å². The van der Waals surface area contributed by atoms with Gasteiger partial charge in [-0.15, -0.1) is 10.2 Å². The monoisotopic (exact) mass is 393 g/mol. The van der Waals surface area contributed by atoms with Gasteiger partial charge >= 0.3 is 0 Å². The molecule has 2 N–H and O–H groups in total. The van der Waals surface area contributed by atoms with Gasteiger partial charge in [-0.3, -0.25) is 9.97 Å². The van der Waals surface area contributed by atoms with Crippen LogP contribution < -0.4 is 5.32 Å². The van der Waals surface area contributed by atoms with E-state index in [1.807, 2.05) is 43.3 Å². The first-order valence-corrected chi connectivity index (χ1v) is 9.66. The van der Waals surface area contributed by atoms with Crippen molar-refractivity contribution in [2.24, 2.45) is 0 Å².